The second-order valence-corrected chi connectivity index (χ2v) is 24.0. The van der Waals surface area contributed by atoms with Crippen LogP contribution in [0.15, 0.2) is 182 Å². The molecule has 0 aromatic heterocycles. The van der Waals surface area contributed by atoms with E-state index in [1.165, 1.54) is 60.6 Å². The number of carboxylic acids is 2. The maximum Gasteiger partial charge on any atom is 2.00 e. The summed E-state index contributed by atoms with van der Waals surface area (Å²) in [6, 6.07) is 66.1. The summed E-state index contributed by atoms with van der Waals surface area (Å²) in [5.74, 6) is 0.670. The van der Waals surface area contributed by atoms with Crippen LogP contribution in [0.5, 0.6) is 0 Å². The molecule has 2 fully saturated rings. The Morgan fingerprint density at radius 3 is 0.806 bits per heavy atom. The van der Waals surface area contributed by atoms with Crippen LogP contribution in [-0.2, 0) is 47.1 Å². The molecule has 8 rings (SSSR count). The average Bonchev–Trinajstić information content (AvgIpc) is 3.96. The number of carbonyl (C=O) groups is 2. The molecule has 0 aliphatic heterocycles. The Hall–Kier alpha value is -3.27. The van der Waals surface area contributed by atoms with Crippen LogP contribution in [0.3, 0.4) is 0 Å². The summed E-state index contributed by atoms with van der Waals surface area (Å²) in [6.45, 7) is 15.8. The van der Waals surface area contributed by atoms with E-state index in [9.17, 15) is 0 Å². The molecule has 0 heterocycles. The van der Waals surface area contributed by atoms with Crippen molar-refractivity contribution in [1.29, 1.82) is 0 Å². The monoisotopic (exact) mass is 1070 g/mol. The van der Waals surface area contributed by atoms with Crippen LogP contribution < -0.4 is 42.0 Å². The minimum atomic E-state index is -1.08. The standard InChI is InChI=1S/C33H31P2.C21H22P.2C2H4O2.Fe.Pd/c1-33(2,3)26-24-31(34(27-16-8-4-9-17-27)28-18-10-5-11-19-28)32(25-26)35(29-20-12-6-13-21-29)30-22-14-7-15-23-30;1-21(2,3)17-14-15-20(16-17)22(18-10-6-4-7-11-18)19-12-8-5-9-13-19;2*1-2(3)4;;/h4-25H,1-3H3;4-16H,1-3H3;2*1H3,(H,3,4);;/q;;;;2*+2/p-2. The molecule has 0 spiro atoms. The molecule has 10 radical (unpaired) electrons. The number of hydrogen-bond acceptors (Lipinski definition) is 4. The molecule has 2 aliphatic carbocycles. The fourth-order valence-corrected chi connectivity index (χ4v) is 14.7. The van der Waals surface area contributed by atoms with Crippen LogP contribution in [-0.4, -0.2) is 11.9 Å². The van der Waals surface area contributed by atoms with E-state index in [-0.39, 0.29) is 48.3 Å². The minimum Gasteiger partial charge on any atom is -0.550 e. The van der Waals surface area contributed by atoms with E-state index in [2.05, 4.69) is 256 Å². The Morgan fingerprint density at radius 2 is 0.597 bits per heavy atom. The number of rotatable bonds is 9. The minimum absolute atomic E-state index is 0. The van der Waals surface area contributed by atoms with Crippen molar-refractivity contribution >= 4 is 67.5 Å². The Morgan fingerprint density at radius 1 is 0.373 bits per heavy atom. The third kappa shape index (κ3) is 17.9. The number of hydrogen-bond donors (Lipinski definition) is 0. The normalized spacial score (nSPS) is 14.7. The van der Waals surface area contributed by atoms with Gasteiger partial charge in [0.25, 0.3) is 0 Å². The van der Waals surface area contributed by atoms with Gasteiger partial charge < -0.3 is 19.8 Å². The molecule has 2 aliphatic rings. The first kappa shape index (κ1) is 58.0. The van der Waals surface area contributed by atoms with Gasteiger partial charge >= 0.3 is 37.5 Å². The molecule has 0 N–H and O–H groups in total. The van der Waals surface area contributed by atoms with Crippen molar-refractivity contribution in [2.75, 3.05) is 0 Å². The summed E-state index contributed by atoms with van der Waals surface area (Å²) >= 11 is 0. The molecule has 67 heavy (non-hydrogen) atoms. The van der Waals surface area contributed by atoms with E-state index < -0.39 is 35.7 Å². The van der Waals surface area contributed by atoms with Crippen LogP contribution in [0.25, 0.3) is 0 Å². The van der Waals surface area contributed by atoms with Gasteiger partial charge in [-0.05, 0) is 124 Å². The SMILES string of the molecule is CC(=O)[O-].CC(=O)[O-].CC(C)(C)[C]1[CH][CH][C](P(c2ccccc2)c2ccccc2)[CH]1.CC(C)(C)[C]1[CH][C](P(c2ccccc2)c2ccccc2)[C](P(c2ccccc2)c2ccccc2)[CH]1.[Fe+2].[Pd+2]. The molecular formula is C58H59FeO4P3Pd+2. The van der Waals surface area contributed by atoms with Crippen molar-refractivity contribution in [3.8, 4) is 0 Å². The van der Waals surface area contributed by atoms with E-state index in [1.807, 2.05) is 0 Å². The van der Waals surface area contributed by atoms with Gasteiger partial charge in [0.05, 0.1) is 0 Å². The van der Waals surface area contributed by atoms with Gasteiger partial charge in [-0.3, -0.25) is 0 Å². The van der Waals surface area contributed by atoms with E-state index >= 15 is 0 Å². The zero-order valence-electron chi connectivity index (χ0n) is 39.4. The third-order valence-corrected chi connectivity index (χ3v) is 17.7. The molecule has 0 saturated heterocycles. The van der Waals surface area contributed by atoms with Crippen molar-refractivity contribution < 1.29 is 57.3 Å². The molecule has 4 nitrogen and oxygen atoms in total. The summed E-state index contributed by atoms with van der Waals surface area (Å²) < 4.78 is 0. The van der Waals surface area contributed by atoms with Crippen molar-refractivity contribution in [2.45, 2.75) is 55.4 Å². The molecule has 2 saturated carbocycles. The van der Waals surface area contributed by atoms with Gasteiger partial charge in [0.15, 0.2) is 0 Å². The first-order valence-corrected chi connectivity index (χ1v) is 25.7. The van der Waals surface area contributed by atoms with E-state index in [0.717, 1.165) is 13.8 Å². The van der Waals surface area contributed by atoms with Crippen molar-refractivity contribution in [3.63, 3.8) is 0 Å². The van der Waals surface area contributed by atoms with Crippen LogP contribution >= 0.6 is 23.8 Å². The number of carboxylic acid groups (broad SMARTS) is 2. The van der Waals surface area contributed by atoms with Gasteiger partial charge in [-0.2, -0.15) is 0 Å². The van der Waals surface area contributed by atoms with Crippen molar-refractivity contribution in [1.82, 2.24) is 0 Å². The molecule has 0 amide bonds. The second kappa shape index (κ2) is 28.4. The molecule has 6 aromatic rings. The number of carbonyl (C=O) groups excluding carboxylic acids is 2. The summed E-state index contributed by atoms with van der Waals surface area (Å²) in [6.07, 6.45) is 12.0. The molecule has 9 heteroatoms. The number of benzene rings is 6. The fraction of sp³-hybridized carbons (Fsp3) is 0.172. The average molecular weight is 1080 g/mol. The van der Waals surface area contributed by atoms with Gasteiger partial charge in [0.1, 0.15) is 0 Å². The Balaban J connectivity index is 0.000000319. The van der Waals surface area contributed by atoms with Crippen LogP contribution in [0.2, 0.25) is 0 Å². The van der Waals surface area contributed by atoms with E-state index in [4.69, 9.17) is 19.8 Å². The predicted octanol–water partition coefficient (Wildman–Crippen LogP) is 9.76. The largest absolute Gasteiger partial charge is 2.00 e. The summed E-state index contributed by atoms with van der Waals surface area (Å²) in [5, 5.41) is 26.2. The van der Waals surface area contributed by atoms with Crippen LogP contribution in [0.1, 0.15) is 55.4 Å². The molecule has 6 aromatic carbocycles. The van der Waals surface area contributed by atoms with Gasteiger partial charge in [-0.1, -0.05) is 224 Å². The first-order valence-electron chi connectivity index (χ1n) is 21.7. The fourth-order valence-electron chi connectivity index (χ4n) is 7.08. The maximum atomic E-state index is 8.89. The Labute approximate surface area is 431 Å². The van der Waals surface area contributed by atoms with Crippen molar-refractivity contribution in [2.24, 2.45) is 10.8 Å². The predicted molar refractivity (Wildman–Crippen MR) is 275 cm³/mol. The quantitative estimate of drug-likeness (QED) is 0.107. The second-order valence-electron chi connectivity index (χ2n) is 17.4. The maximum absolute atomic E-state index is 8.89. The van der Waals surface area contributed by atoms with Gasteiger partial charge in [0.2, 0.25) is 0 Å². The first-order chi connectivity index (χ1) is 31.0. The summed E-state index contributed by atoms with van der Waals surface area (Å²) in [7, 11) is -1.85. The summed E-state index contributed by atoms with van der Waals surface area (Å²) in [4.78, 5) is 17.8. The van der Waals surface area contributed by atoms with Gasteiger partial charge in [-0.25, -0.2) is 0 Å². The van der Waals surface area contributed by atoms with E-state index in [0.29, 0.717) is 0 Å². The molecule has 0 atom stereocenters. The third-order valence-electron chi connectivity index (χ3n) is 10.1. The molecule has 0 unspecified atom stereocenters. The van der Waals surface area contributed by atoms with Crippen LogP contribution in [0, 0.1) is 71.7 Å². The van der Waals surface area contributed by atoms with Gasteiger partial charge in [0, 0.05) is 28.9 Å². The summed E-state index contributed by atoms with van der Waals surface area (Å²) in [5.41, 5.74) is 4.70. The number of aliphatic carboxylic acids is 2. The molecular weight excluding hydrogens is 1020 g/mol. The van der Waals surface area contributed by atoms with Crippen molar-refractivity contribution in [3.05, 3.63) is 243 Å². The zero-order chi connectivity index (χ0) is 47.0. The topological polar surface area (TPSA) is 80.3 Å². The zero-order valence-corrected chi connectivity index (χ0v) is 44.7. The van der Waals surface area contributed by atoms with E-state index in [1.54, 1.807) is 0 Å². The molecule has 346 valence electrons. The van der Waals surface area contributed by atoms with Crippen LogP contribution in [0.4, 0.5) is 0 Å². The Bertz CT molecular complexity index is 2070. The molecule has 0 bridgehead atoms. The smallest absolute Gasteiger partial charge is 0.550 e. The Kier molecular flexibility index (Phi) is 24.6. The van der Waals surface area contributed by atoms with Gasteiger partial charge in [-0.15, -0.1) is 0 Å².